The number of hydrogen-bond acceptors (Lipinski definition) is 5. The highest BCUT2D eigenvalue weighted by Gasteiger charge is 2.49. The van der Waals surface area contributed by atoms with Crippen LogP contribution in [0.3, 0.4) is 0 Å². The zero-order chi connectivity index (χ0) is 26.4. The van der Waals surface area contributed by atoms with Crippen molar-refractivity contribution < 1.29 is 14.0 Å². The molecule has 0 saturated carbocycles. The fourth-order valence-electron chi connectivity index (χ4n) is 5.03. The van der Waals surface area contributed by atoms with Gasteiger partial charge in [-0.3, -0.25) is 19.3 Å². The van der Waals surface area contributed by atoms with Gasteiger partial charge >= 0.3 is 0 Å². The standard InChI is InChI=1S/C28H24FN7O2/c1-17-25(32-27(37)18-4-3-12-30-15-18)26(23-11-13-34(2)33-23)35(28(17)38)22-9-10-24-19(14-22)16-31-36(24)21-7-5-20(29)6-8-21/h3-17,25-26H,1-2H3,(H,32,37)/t17-,25-,26+/m0/s1. The molecule has 9 nitrogen and oxygen atoms in total. The Labute approximate surface area is 217 Å². The van der Waals surface area contributed by atoms with E-state index in [-0.39, 0.29) is 17.6 Å². The largest absolute Gasteiger partial charge is 0.346 e. The summed E-state index contributed by atoms with van der Waals surface area (Å²) in [7, 11) is 1.81. The van der Waals surface area contributed by atoms with Crippen LogP contribution < -0.4 is 10.2 Å². The SMILES string of the molecule is C[C@@H]1C(=O)N(c2ccc3c(cnn3-c3ccc(F)cc3)c2)[C@H](c2ccn(C)n2)[C@H]1NC(=O)c1cccnc1. The molecule has 190 valence electrons. The number of nitrogens with zero attached hydrogens (tertiary/aromatic N) is 6. The number of rotatable bonds is 5. The second kappa shape index (κ2) is 9.22. The molecule has 0 bridgehead atoms. The van der Waals surface area contributed by atoms with E-state index in [4.69, 9.17) is 0 Å². The minimum absolute atomic E-state index is 0.123. The molecule has 1 aliphatic rings. The first kappa shape index (κ1) is 23.5. The van der Waals surface area contributed by atoms with E-state index in [1.807, 2.05) is 44.4 Å². The van der Waals surface area contributed by atoms with Crippen LogP contribution in [0.2, 0.25) is 0 Å². The second-order valence-corrected chi connectivity index (χ2v) is 9.37. The average molecular weight is 510 g/mol. The summed E-state index contributed by atoms with van der Waals surface area (Å²) in [4.78, 5) is 32.5. The third-order valence-corrected chi connectivity index (χ3v) is 6.94. The fourth-order valence-corrected chi connectivity index (χ4v) is 5.03. The van der Waals surface area contributed by atoms with Gasteiger partial charge in [-0.1, -0.05) is 6.92 Å². The van der Waals surface area contributed by atoms with Crippen molar-refractivity contribution in [2.45, 2.75) is 19.0 Å². The lowest BCUT2D eigenvalue weighted by Crippen LogP contribution is -2.42. The summed E-state index contributed by atoms with van der Waals surface area (Å²) >= 11 is 0. The number of aryl methyl sites for hydroxylation is 1. The molecule has 0 aliphatic carbocycles. The molecule has 3 atom stereocenters. The van der Waals surface area contributed by atoms with Crippen LogP contribution in [0.25, 0.3) is 16.6 Å². The number of aromatic nitrogens is 5. The molecule has 1 N–H and O–H groups in total. The number of fused-ring (bicyclic) bond motifs is 1. The second-order valence-electron chi connectivity index (χ2n) is 9.37. The first-order valence-electron chi connectivity index (χ1n) is 12.2. The fraction of sp³-hybridized carbons (Fsp3) is 0.179. The number of pyridine rings is 1. The van der Waals surface area contributed by atoms with Crippen molar-refractivity contribution in [1.29, 1.82) is 0 Å². The van der Waals surface area contributed by atoms with Gasteiger partial charge in [0, 0.05) is 36.7 Å². The Balaban J connectivity index is 1.39. The Bertz CT molecular complexity index is 1650. The predicted octanol–water partition coefficient (Wildman–Crippen LogP) is 3.82. The Morgan fingerprint density at radius 3 is 2.53 bits per heavy atom. The molecule has 2 amide bonds. The number of hydrogen-bond donors (Lipinski definition) is 1. The van der Waals surface area contributed by atoms with Gasteiger partial charge in [0.05, 0.1) is 40.6 Å². The number of nitrogens with one attached hydrogen (secondary N) is 1. The molecule has 38 heavy (non-hydrogen) atoms. The Morgan fingerprint density at radius 2 is 1.82 bits per heavy atom. The predicted molar refractivity (Wildman–Crippen MR) is 139 cm³/mol. The normalized spacial score (nSPS) is 19.3. The van der Waals surface area contributed by atoms with Crippen molar-refractivity contribution in [2.24, 2.45) is 13.0 Å². The highest BCUT2D eigenvalue weighted by molar-refractivity contribution is 6.02. The van der Waals surface area contributed by atoms with Gasteiger partial charge < -0.3 is 10.2 Å². The van der Waals surface area contributed by atoms with E-state index in [0.29, 0.717) is 16.9 Å². The Hall–Kier alpha value is -4.86. The molecular weight excluding hydrogens is 485 g/mol. The van der Waals surface area contributed by atoms with Crippen LogP contribution in [0.5, 0.6) is 0 Å². The molecule has 1 saturated heterocycles. The van der Waals surface area contributed by atoms with Gasteiger partial charge in [0.2, 0.25) is 5.91 Å². The maximum atomic E-state index is 13.7. The lowest BCUT2D eigenvalue weighted by atomic mass is 9.97. The highest BCUT2D eigenvalue weighted by atomic mass is 19.1. The third-order valence-electron chi connectivity index (χ3n) is 6.94. The molecule has 5 aromatic rings. The number of carbonyl (C=O) groups excluding carboxylic acids is 2. The first-order valence-corrected chi connectivity index (χ1v) is 12.2. The average Bonchev–Trinajstić information content (AvgIpc) is 3.62. The van der Waals surface area contributed by atoms with Crippen molar-refractivity contribution in [3.63, 3.8) is 0 Å². The molecule has 0 spiro atoms. The topological polar surface area (TPSA) is 97.9 Å². The van der Waals surface area contributed by atoms with Crippen LogP contribution in [-0.4, -0.2) is 42.4 Å². The van der Waals surface area contributed by atoms with Gasteiger partial charge in [-0.15, -0.1) is 0 Å². The summed E-state index contributed by atoms with van der Waals surface area (Å²) in [6, 6.07) is 15.9. The number of benzene rings is 2. The van der Waals surface area contributed by atoms with E-state index >= 15 is 0 Å². The minimum Gasteiger partial charge on any atom is -0.346 e. The zero-order valence-corrected chi connectivity index (χ0v) is 20.7. The van der Waals surface area contributed by atoms with E-state index in [0.717, 1.165) is 16.6 Å². The van der Waals surface area contributed by atoms with Crippen LogP contribution in [0.1, 0.15) is 29.0 Å². The molecule has 0 unspecified atom stereocenters. The summed E-state index contributed by atoms with van der Waals surface area (Å²) in [5.41, 5.74) is 3.30. The smallest absolute Gasteiger partial charge is 0.253 e. The highest BCUT2D eigenvalue weighted by Crippen LogP contribution is 2.40. The third kappa shape index (κ3) is 4.00. The molecule has 4 heterocycles. The van der Waals surface area contributed by atoms with Crippen molar-refractivity contribution in [3.05, 3.63) is 103 Å². The minimum atomic E-state index is -0.525. The van der Waals surface area contributed by atoms with Crippen LogP contribution in [-0.2, 0) is 11.8 Å². The number of anilines is 1. The summed E-state index contributed by atoms with van der Waals surface area (Å²) in [5.74, 6) is -1.25. The maximum absolute atomic E-state index is 13.7. The van der Waals surface area contributed by atoms with E-state index in [2.05, 4.69) is 20.5 Å². The molecule has 10 heteroatoms. The molecular formula is C28H24FN7O2. The van der Waals surface area contributed by atoms with Crippen LogP contribution in [0.15, 0.2) is 85.5 Å². The first-order chi connectivity index (χ1) is 18.4. The van der Waals surface area contributed by atoms with Crippen molar-refractivity contribution >= 4 is 28.4 Å². The Kier molecular flexibility index (Phi) is 5.71. The number of amides is 2. The van der Waals surface area contributed by atoms with Crippen LogP contribution in [0.4, 0.5) is 10.1 Å². The molecule has 6 rings (SSSR count). The number of carbonyl (C=O) groups is 2. The lowest BCUT2D eigenvalue weighted by Gasteiger charge is -2.27. The van der Waals surface area contributed by atoms with Gasteiger partial charge in [-0.05, 0) is 60.7 Å². The van der Waals surface area contributed by atoms with E-state index in [1.165, 1.54) is 18.3 Å². The van der Waals surface area contributed by atoms with Gasteiger partial charge in [-0.2, -0.15) is 10.2 Å². The molecule has 1 fully saturated rings. The number of halogens is 1. The Morgan fingerprint density at radius 1 is 1.03 bits per heavy atom. The van der Waals surface area contributed by atoms with Crippen LogP contribution in [0, 0.1) is 11.7 Å². The van der Waals surface area contributed by atoms with Crippen molar-refractivity contribution in [2.75, 3.05) is 4.90 Å². The summed E-state index contributed by atoms with van der Waals surface area (Å²) in [6.07, 6.45) is 6.63. The molecule has 3 aromatic heterocycles. The molecule has 2 aromatic carbocycles. The quantitative estimate of drug-likeness (QED) is 0.389. The zero-order valence-electron chi connectivity index (χ0n) is 20.7. The van der Waals surface area contributed by atoms with E-state index in [9.17, 15) is 14.0 Å². The van der Waals surface area contributed by atoms with Gasteiger partial charge in [0.1, 0.15) is 11.9 Å². The monoisotopic (exact) mass is 509 g/mol. The summed E-state index contributed by atoms with van der Waals surface area (Å²) in [5, 5.41) is 12.9. The lowest BCUT2D eigenvalue weighted by molar-refractivity contribution is -0.120. The molecule has 0 radical (unpaired) electrons. The maximum Gasteiger partial charge on any atom is 0.253 e. The van der Waals surface area contributed by atoms with E-state index in [1.54, 1.807) is 50.9 Å². The van der Waals surface area contributed by atoms with Crippen LogP contribution >= 0.6 is 0 Å². The van der Waals surface area contributed by atoms with Crippen molar-refractivity contribution in [3.8, 4) is 5.69 Å². The van der Waals surface area contributed by atoms with Crippen molar-refractivity contribution in [1.82, 2.24) is 29.9 Å². The van der Waals surface area contributed by atoms with E-state index < -0.39 is 18.0 Å². The summed E-state index contributed by atoms with van der Waals surface area (Å²) in [6.45, 7) is 1.82. The van der Waals surface area contributed by atoms with Gasteiger partial charge in [0.15, 0.2) is 0 Å². The van der Waals surface area contributed by atoms with Gasteiger partial charge in [-0.25, -0.2) is 9.07 Å². The summed E-state index contributed by atoms with van der Waals surface area (Å²) < 4.78 is 16.8. The molecule has 1 aliphatic heterocycles. The van der Waals surface area contributed by atoms with Gasteiger partial charge in [0.25, 0.3) is 5.91 Å².